The van der Waals surface area contributed by atoms with E-state index in [4.69, 9.17) is 20.8 Å². The van der Waals surface area contributed by atoms with Gasteiger partial charge >= 0.3 is 5.97 Å². The first kappa shape index (κ1) is 13.6. The predicted molar refractivity (Wildman–Crippen MR) is 61.9 cm³/mol. The van der Waals surface area contributed by atoms with Gasteiger partial charge in [0.1, 0.15) is 6.54 Å². The van der Waals surface area contributed by atoms with Crippen LogP contribution in [-0.4, -0.2) is 36.5 Å². The van der Waals surface area contributed by atoms with Gasteiger partial charge in [-0.3, -0.25) is 9.59 Å². The number of furan rings is 1. The van der Waals surface area contributed by atoms with Gasteiger partial charge in [0.25, 0.3) is 5.91 Å². The Labute approximate surface area is 104 Å². The molecule has 94 valence electrons. The normalized spacial score (nSPS) is 10.1. The van der Waals surface area contributed by atoms with Crippen molar-refractivity contribution in [3.05, 3.63) is 23.1 Å². The Kier molecular flexibility index (Phi) is 5.03. The van der Waals surface area contributed by atoms with E-state index >= 15 is 0 Å². The van der Waals surface area contributed by atoms with Crippen molar-refractivity contribution in [3.63, 3.8) is 0 Å². The van der Waals surface area contributed by atoms with Gasteiger partial charge in [0.15, 0.2) is 0 Å². The third-order valence-corrected chi connectivity index (χ3v) is 2.44. The Bertz CT molecular complexity index is 402. The molecule has 0 N–H and O–H groups in total. The summed E-state index contributed by atoms with van der Waals surface area (Å²) < 4.78 is 9.62. The Morgan fingerprint density at radius 1 is 1.47 bits per heavy atom. The molecule has 1 aromatic heterocycles. The van der Waals surface area contributed by atoms with E-state index < -0.39 is 5.97 Å². The quantitative estimate of drug-likeness (QED) is 0.759. The molecule has 1 aromatic rings. The summed E-state index contributed by atoms with van der Waals surface area (Å²) in [5.74, 6) is -0.790. The van der Waals surface area contributed by atoms with E-state index in [0.717, 1.165) is 0 Å². The molecule has 0 aliphatic heterocycles. The number of carbonyl (C=O) groups is 2. The fourth-order valence-electron chi connectivity index (χ4n) is 1.31. The molecule has 0 radical (unpaired) electrons. The molecule has 6 heteroatoms. The lowest BCUT2D eigenvalue weighted by atomic mass is 10.3. The van der Waals surface area contributed by atoms with E-state index in [1.165, 1.54) is 17.2 Å². The van der Waals surface area contributed by atoms with Crippen LogP contribution in [0.25, 0.3) is 0 Å². The van der Waals surface area contributed by atoms with Crippen LogP contribution in [-0.2, 0) is 9.53 Å². The summed E-state index contributed by atoms with van der Waals surface area (Å²) in [5.41, 5.74) is 0.248. The van der Waals surface area contributed by atoms with Gasteiger partial charge in [-0.05, 0) is 31.5 Å². The Morgan fingerprint density at radius 2 is 2.18 bits per heavy atom. The summed E-state index contributed by atoms with van der Waals surface area (Å²) in [6.07, 6.45) is 1.33. The summed E-state index contributed by atoms with van der Waals surface area (Å²) in [7, 11) is 0. The topological polar surface area (TPSA) is 59.8 Å². The molecule has 0 saturated carbocycles. The van der Waals surface area contributed by atoms with Gasteiger partial charge in [-0.1, -0.05) is 0 Å². The van der Waals surface area contributed by atoms with Crippen LogP contribution < -0.4 is 0 Å². The minimum absolute atomic E-state index is 0.0253. The average molecular weight is 260 g/mol. The van der Waals surface area contributed by atoms with Gasteiger partial charge in [-0.2, -0.15) is 0 Å². The van der Waals surface area contributed by atoms with Gasteiger partial charge < -0.3 is 14.1 Å². The molecule has 0 saturated heterocycles. The van der Waals surface area contributed by atoms with Crippen molar-refractivity contribution < 1.29 is 18.7 Å². The van der Waals surface area contributed by atoms with Crippen LogP contribution >= 0.6 is 11.6 Å². The summed E-state index contributed by atoms with van der Waals surface area (Å²) in [4.78, 5) is 24.6. The van der Waals surface area contributed by atoms with E-state index in [-0.39, 0.29) is 29.8 Å². The average Bonchev–Trinajstić information content (AvgIpc) is 2.72. The highest BCUT2D eigenvalue weighted by atomic mass is 35.5. The maximum Gasteiger partial charge on any atom is 0.325 e. The van der Waals surface area contributed by atoms with Crippen LogP contribution in [0.2, 0.25) is 5.22 Å². The van der Waals surface area contributed by atoms with Crippen molar-refractivity contribution in [2.75, 3.05) is 19.7 Å². The van der Waals surface area contributed by atoms with E-state index in [9.17, 15) is 9.59 Å². The summed E-state index contributed by atoms with van der Waals surface area (Å²) in [5, 5.41) is 0.0253. The minimum Gasteiger partial charge on any atom is -0.465 e. The second kappa shape index (κ2) is 6.30. The SMILES string of the molecule is CCOC(=O)CN(CC)C(=O)c1ccoc1Cl. The fraction of sp³-hybridized carbons (Fsp3) is 0.455. The van der Waals surface area contributed by atoms with Gasteiger partial charge in [0.05, 0.1) is 18.4 Å². The zero-order valence-corrected chi connectivity index (χ0v) is 10.5. The van der Waals surface area contributed by atoms with Crippen molar-refractivity contribution >= 4 is 23.5 Å². The number of amides is 1. The van der Waals surface area contributed by atoms with Crippen LogP contribution in [0, 0.1) is 0 Å². The number of nitrogens with zero attached hydrogens (tertiary/aromatic N) is 1. The number of halogens is 1. The van der Waals surface area contributed by atoms with Crippen LogP contribution in [0.3, 0.4) is 0 Å². The Morgan fingerprint density at radius 3 is 2.65 bits per heavy atom. The molecular weight excluding hydrogens is 246 g/mol. The molecule has 1 heterocycles. The lowest BCUT2D eigenvalue weighted by Crippen LogP contribution is -2.36. The first-order valence-electron chi connectivity index (χ1n) is 5.28. The summed E-state index contributed by atoms with van der Waals surface area (Å²) in [6, 6.07) is 1.47. The second-order valence-corrected chi connectivity index (χ2v) is 3.58. The zero-order chi connectivity index (χ0) is 12.8. The zero-order valence-electron chi connectivity index (χ0n) is 9.73. The largest absolute Gasteiger partial charge is 0.465 e. The lowest BCUT2D eigenvalue weighted by molar-refractivity contribution is -0.143. The van der Waals surface area contributed by atoms with E-state index in [2.05, 4.69) is 0 Å². The highest BCUT2D eigenvalue weighted by Crippen LogP contribution is 2.18. The summed E-state index contributed by atoms with van der Waals surface area (Å²) in [6.45, 7) is 4.06. The molecule has 0 spiro atoms. The molecule has 0 unspecified atom stereocenters. The molecule has 5 nitrogen and oxygen atoms in total. The van der Waals surface area contributed by atoms with Crippen molar-refractivity contribution in [2.45, 2.75) is 13.8 Å². The minimum atomic E-state index is -0.442. The van der Waals surface area contributed by atoms with E-state index in [1.807, 2.05) is 0 Å². The van der Waals surface area contributed by atoms with Gasteiger partial charge in [0, 0.05) is 6.54 Å². The van der Waals surface area contributed by atoms with Crippen LogP contribution in [0.5, 0.6) is 0 Å². The molecule has 1 amide bonds. The second-order valence-electron chi connectivity index (χ2n) is 3.23. The van der Waals surface area contributed by atoms with Crippen LogP contribution in [0.15, 0.2) is 16.7 Å². The summed E-state index contributed by atoms with van der Waals surface area (Å²) >= 11 is 5.70. The van der Waals surface area contributed by atoms with Crippen molar-refractivity contribution in [1.82, 2.24) is 4.90 Å². The van der Waals surface area contributed by atoms with E-state index in [0.29, 0.717) is 6.54 Å². The van der Waals surface area contributed by atoms with E-state index in [1.54, 1.807) is 13.8 Å². The predicted octanol–water partition coefficient (Wildman–Crippen LogP) is 1.96. The highest BCUT2D eigenvalue weighted by Gasteiger charge is 2.21. The third-order valence-electron chi connectivity index (χ3n) is 2.14. The van der Waals surface area contributed by atoms with Gasteiger partial charge in [-0.25, -0.2) is 0 Å². The molecule has 0 fully saturated rings. The molecule has 1 rings (SSSR count). The molecule has 0 bridgehead atoms. The van der Waals surface area contributed by atoms with Crippen LogP contribution in [0.4, 0.5) is 0 Å². The standard InChI is InChI=1S/C11H14ClNO4/c1-3-13(7-9(14)16-4-2)11(15)8-5-6-17-10(8)12/h5-6H,3-4,7H2,1-2H3. The molecule has 0 aliphatic carbocycles. The molecule has 0 atom stereocenters. The smallest absolute Gasteiger partial charge is 0.325 e. The number of carbonyl (C=O) groups excluding carboxylic acids is 2. The number of likely N-dealkylation sites (N-methyl/N-ethyl adjacent to an activating group) is 1. The maximum absolute atomic E-state index is 12.0. The maximum atomic E-state index is 12.0. The van der Waals surface area contributed by atoms with Crippen molar-refractivity contribution in [2.24, 2.45) is 0 Å². The number of ether oxygens (including phenoxy) is 1. The monoisotopic (exact) mass is 259 g/mol. The number of hydrogen-bond acceptors (Lipinski definition) is 4. The van der Waals surface area contributed by atoms with Crippen molar-refractivity contribution in [1.29, 1.82) is 0 Å². The number of hydrogen-bond donors (Lipinski definition) is 0. The molecule has 0 aliphatic rings. The molecular formula is C11H14ClNO4. The fourth-order valence-corrected chi connectivity index (χ4v) is 1.50. The lowest BCUT2D eigenvalue weighted by Gasteiger charge is -2.18. The number of esters is 1. The first-order valence-corrected chi connectivity index (χ1v) is 5.65. The molecule has 0 aromatic carbocycles. The van der Waals surface area contributed by atoms with Gasteiger partial charge in [-0.15, -0.1) is 0 Å². The third kappa shape index (κ3) is 3.49. The van der Waals surface area contributed by atoms with Crippen molar-refractivity contribution in [3.8, 4) is 0 Å². The van der Waals surface area contributed by atoms with Gasteiger partial charge in [0.2, 0.25) is 5.22 Å². The number of rotatable bonds is 5. The molecule has 17 heavy (non-hydrogen) atoms. The highest BCUT2D eigenvalue weighted by molar-refractivity contribution is 6.32. The Balaban J connectivity index is 2.71. The Hall–Kier alpha value is -1.49. The first-order chi connectivity index (χ1) is 8.10. The van der Waals surface area contributed by atoms with Crippen LogP contribution in [0.1, 0.15) is 24.2 Å².